The van der Waals surface area contributed by atoms with Crippen molar-refractivity contribution in [1.82, 2.24) is 5.32 Å². The lowest BCUT2D eigenvalue weighted by molar-refractivity contribution is 0.0925. The van der Waals surface area contributed by atoms with Gasteiger partial charge in [0.15, 0.2) is 0 Å². The van der Waals surface area contributed by atoms with Crippen molar-refractivity contribution >= 4 is 34.2 Å². The van der Waals surface area contributed by atoms with E-state index in [1.807, 2.05) is 32.0 Å². The summed E-state index contributed by atoms with van der Waals surface area (Å²) in [6, 6.07) is 5.67. The van der Waals surface area contributed by atoms with E-state index >= 15 is 0 Å². The third-order valence-electron chi connectivity index (χ3n) is 4.50. The maximum Gasteiger partial charge on any atom is 0.414 e. The number of imide groups is 1. The molecule has 0 saturated heterocycles. The third-order valence-corrected chi connectivity index (χ3v) is 5.71. The van der Waals surface area contributed by atoms with Crippen LogP contribution in [-0.4, -0.2) is 24.5 Å². The van der Waals surface area contributed by atoms with Gasteiger partial charge in [-0.2, -0.15) is 0 Å². The molecular weight excluding hydrogens is 364 g/mol. The standard InChI is InChI=1S/C20H22N2O4S/c1-4-26-20(25)22-18(24)16-13-6-5-7-15(13)27-19(16)21-17(23)14-10-11(2)8-9-12(14)3/h8-10H,4-7H2,1-3H3,(H,21,23)(H,22,24,25). The van der Waals surface area contributed by atoms with E-state index in [4.69, 9.17) is 4.74 Å². The van der Waals surface area contributed by atoms with Crippen LogP contribution >= 0.6 is 11.3 Å². The molecule has 0 atom stereocenters. The first-order valence-corrected chi connectivity index (χ1v) is 9.73. The summed E-state index contributed by atoms with van der Waals surface area (Å²) in [5, 5.41) is 5.60. The molecule has 0 unspecified atom stereocenters. The maximum absolute atomic E-state index is 12.8. The summed E-state index contributed by atoms with van der Waals surface area (Å²) in [6.45, 7) is 5.64. The highest BCUT2D eigenvalue weighted by Crippen LogP contribution is 2.39. The number of nitrogens with one attached hydrogen (secondary N) is 2. The van der Waals surface area contributed by atoms with Gasteiger partial charge in [-0.05, 0) is 57.2 Å². The molecular formula is C20H22N2O4S. The lowest BCUT2D eigenvalue weighted by atomic mass is 10.0. The Morgan fingerprint density at radius 3 is 2.67 bits per heavy atom. The minimum absolute atomic E-state index is 0.178. The van der Waals surface area contributed by atoms with Gasteiger partial charge in [0, 0.05) is 10.4 Å². The number of hydrogen-bond donors (Lipinski definition) is 2. The summed E-state index contributed by atoms with van der Waals surface area (Å²) in [6.07, 6.45) is 1.81. The van der Waals surface area contributed by atoms with Gasteiger partial charge >= 0.3 is 6.09 Å². The molecule has 27 heavy (non-hydrogen) atoms. The van der Waals surface area contributed by atoms with E-state index < -0.39 is 12.0 Å². The Morgan fingerprint density at radius 1 is 1.15 bits per heavy atom. The van der Waals surface area contributed by atoms with Crippen molar-refractivity contribution in [3.63, 3.8) is 0 Å². The van der Waals surface area contributed by atoms with Crippen LogP contribution < -0.4 is 10.6 Å². The monoisotopic (exact) mass is 386 g/mol. The second kappa shape index (κ2) is 7.92. The molecule has 3 amide bonds. The van der Waals surface area contributed by atoms with Crippen molar-refractivity contribution < 1.29 is 19.1 Å². The fraction of sp³-hybridized carbons (Fsp3) is 0.350. The van der Waals surface area contributed by atoms with Crippen LogP contribution in [0.2, 0.25) is 0 Å². The first-order chi connectivity index (χ1) is 12.9. The Morgan fingerprint density at radius 2 is 1.93 bits per heavy atom. The molecule has 2 N–H and O–H groups in total. The number of hydrogen-bond acceptors (Lipinski definition) is 5. The number of alkyl carbamates (subject to hydrolysis) is 1. The molecule has 1 aromatic carbocycles. The predicted molar refractivity (Wildman–Crippen MR) is 105 cm³/mol. The van der Waals surface area contributed by atoms with Crippen LogP contribution in [0.4, 0.5) is 9.80 Å². The Bertz CT molecular complexity index is 917. The van der Waals surface area contributed by atoms with Crippen molar-refractivity contribution in [1.29, 1.82) is 0 Å². The van der Waals surface area contributed by atoms with Crippen molar-refractivity contribution in [2.45, 2.75) is 40.0 Å². The van der Waals surface area contributed by atoms with Gasteiger partial charge in [-0.15, -0.1) is 11.3 Å². The first-order valence-electron chi connectivity index (χ1n) is 8.92. The van der Waals surface area contributed by atoms with E-state index in [0.717, 1.165) is 40.8 Å². The molecule has 3 rings (SSSR count). The molecule has 2 aromatic rings. The number of carbonyl (C=O) groups is 3. The lowest BCUT2D eigenvalue weighted by Gasteiger charge is -2.10. The van der Waals surface area contributed by atoms with Crippen LogP contribution in [0.15, 0.2) is 18.2 Å². The molecule has 1 aromatic heterocycles. The number of carbonyl (C=O) groups excluding carboxylic acids is 3. The zero-order chi connectivity index (χ0) is 19.6. The molecule has 0 bridgehead atoms. The average molecular weight is 386 g/mol. The highest BCUT2D eigenvalue weighted by atomic mass is 32.1. The molecule has 0 spiro atoms. The third kappa shape index (κ3) is 4.03. The van der Waals surface area contributed by atoms with Crippen LogP contribution in [0.1, 0.15) is 55.6 Å². The molecule has 0 fully saturated rings. The topological polar surface area (TPSA) is 84.5 Å². The lowest BCUT2D eigenvalue weighted by Crippen LogP contribution is -2.32. The molecule has 7 heteroatoms. The zero-order valence-corrected chi connectivity index (χ0v) is 16.4. The highest BCUT2D eigenvalue weighted by Gasteiger charge is 2.29. The van der Waals surface area contributed by atoms with E-state index in [2.05, 4.69) is 10.6 Å². The van der Waals surface area contributed by atoms with Gasteiger partial charge in [-0.1, -0.05) is 17.7 Å². The molecule has 1 heterocycles. The van der Waals surface area contributed by atoms with E-state index in [1.54, 1.807) is 6.92 Å². The smallest absolute Gasteiger partial charge is 0.414 e. The molecule has 0 aliphatic heterocycles. The largest absolute Gasteiger partial charge is 0.450 e. The number of rotatable bonds is 4. The first kappa shape index (κ1) is 19.1. The van der Waals surface area contributed by atoms with Crippen LogP contribution in [0.3, 0.4) is 0 Å². The van der Waals surface area contributed by atoms with Crippen molar-refractivity contribution in [2.75, 3.05) is 11.9 Å². The predicted octanol–water partition coefficient (Wildman–Crippen LogP) is 3.99. The van der Waals surface area contributed by atoms with Crippen LogP contribution in [0, 0.1) is 13.8 Å². The molecule has 6 nitrogen and oxygen atoms in total. The zero-order valence-electron chi connectivity index (χ0n) is 15.6. The summed E-state index contributed by atoms with van der Waals surface area (Å²) in [7, 11) is 0. The Labute approximate surface area is 161 Å². The van der Waals surface area contributed by atoms with Crippen LogP contribution in [0.25, 0.3) is 0 Å². The van der Waals surface area contributed by atoms with Gasteiger partial charge in [0.05, 0.1) is 12.2 Å². The van der Waals surface area contributed by atoms with Gasteiger partial charge < -0.3 is 10.1 Å². The van der Waals surface area contributed by atoms with Gasteiger partial charge in [0.25, 0.3) is 11.8 Å². The van der Waals surface area contributed by atoms with Gasteiger partial charge in [0.2, 0.25) is 0 Å². The maximum atomic E-state index is 12.8. The van der Waals surface area contributed by atoms with Gasteiger partial charge in [0.1, 0.15) is 5.00 Å². The number of ether oxygens (including phenoxy) is 1. The quantitative estimate of drug-likeness (QED) is 0.832. The van der Waals surface area contributed by atoms with Crippen molar-refractivity contribution in [2.24, 2.45) is 0 Å². The fourth-order valence-electron chi connectivity index (χ4n) is 3.21. The summed E-state index contributed by atoms with van der Waals surface area (Å²) in [4.78, 5) is 38.2. The minimum Gasteiger partial charge on any atom is -0.450 e. The average Bonchev–Trinajstić information content (AvgIpc) is 3.17. The number of aryl methyl sites for hydroxylation is 3. The van der Waals surface area contributed by atoms with E-state index in [1.165, 1.54) is 11.3 Å². The summed E-state index contributed by atoms with van der Waals surface area (Å²) < 4.78 is 4.79. The SMILES string of the molecule is CCOC(=O)NC(=O)c1c(NC(=O)c2cc(C)ccc2C)sc2c1CCC2. The number of anilines is 1. The van der Waals surface area contributed by atoms with E-state index in [9.17, 15) is 14.4 Å². The summed E-state index contributed by atoms with van der Waals surface area (Å²) in [5.41, 5.74) is 3.71. The van der Waals surface area contributed by atoms with Crippen molar-refractivity contribution in [3.05, 3.63) is 50.9 Å². The Hall–Kier alpha value is -2.67. The fourth-order valence-corrected chi connectivity index (χ4v) is 4.49. The van der Waals surface area contributed by atoms with E-state index in [-0.39, 0.29) is 12.5 Å². The number of fused-ring (bicyclic) bond motifs is 1. The van der Waals surface area contributed by atoms with Gasteiger partial charge in [-0.25, -0.2) is 4.79 Å². The Kier molecular flexibility index (Phi) is 5.60. The number of amides is 3. The second-order valence-corrected chi connectivity index (χ2v) is 7.61. The molecule has 1 aliphatic rings. The molecule has 0 radical (unpaired) electrons. The second-order valence-electron chi connectivity index (χ2n) is 6.51. The number of benzene rings is 1. The number of thiophene rings is 1. The van der Waals surface area contributed by atoms with Gasteiger partial charge in [-0.3, -0.25) is 14.9 Å². The summed E-state index contributed by atoms with van der Waals surface area (Å²) in [5.74, 6) is -0.801. The van der Waals surface area contributed by atoms with E-state index in [0.29, 0.717) is 16.1 Å². The minimum atomic E-state index is -0.785. The molecule has 0 saturated carbocycles. The Balaban J connectivity index is 1.89. The molecule has 142 valence electrons. The normalized spacial score (nSPS) is 12.4. The van der Waals surface area contributed by atoms with Crippen molar-refractivity contribution in [3.8, 4) is 0 Å². The van der Waals surface area contributed by atoms with Crippen LogP contribution in [-0.2, 0) is 17.6 Å². The summed E-state index contributed by atoms with van der Waals surface area (Å²) >= 11 is 1.41. The molecule has 1 aliphatic carbocycles. The van der Waals surface area contributed by atoms with Crippen LogP contribution in [0.5, 0.6) is 0 Å². The highest BCUT2D eigenvalue weighted by molar-refractivity contribution is 7.17.